The van der Waals surface area contributed by atoms with Crippen molar-refractivity contribution in [3.05, 3.63) is 66.9 Å². The lowest BCUT2D eigenvalue weighted by molar-refractivity contribution is 0.632. The van der Waals surface area contributed by atoms with Crippen LogP contribution in [0.15, 0.2) is 61.1 Å². The van der Waals surface area contributed by atoms with E-state index in [4.69, 9.17) is 5.73 Å². The van der Waals surface area contributed by atoms with Gasteiger partial charge in [0.1, 0.15) is 5.82 Å². The zero-order valence-electron chi connectivity index (χ0n) is 10.1. The highest BCUT2D eigenvalue weighted by atomic mass is 19.1. The lowest BCUT2D eigenvalue weighted by atomic mass is 10.1. The van der Waals surface area contributed by atoms with Gasteiger partial charge in [0.15, 0.2) is 0 Å². The summed E-state index contributed by atoms with van der Waals surface area (Å²) in [5.41, 5.74) is 8.50. The van der Waals surface area contributed by atoms with Gasteiger partial charge in [0.2, 0.25) is 0 Å². The topological polar surface area (TPSA) is 43.8 Å². The van der Waals surface area contributed by atoms with Crippen LogP contribution < -0.4 is 5.73 Å². The molecule has 19 heavy (non-hydrogen) atoms. The maximum absolute atomic E-state index is 13.2. The number of nitrogens with zero attached hydrogens (tertiary/aromatic N) is 2. The van der Waals surface area contributed by atoms with Crippen LogP contribution in [0, 0.1) is 5.82 Å². The maximum atomic E-state index is 13.2. The number of rotatable bonds is 2. The van der Waals surface area contributed by atoms with E-state index in [1.165, 1.54) is 6.07 Å². The molecule has 2 aromatic carbocycles. The van der Waals surface area contributed by atoms with Crippen LogP contribution in [-0.2, 0) is 0 Å². The molecule has 0 amide bonds. The van der Waals surface area contributed by atoms with Gasteiger partial charge in [-0.15, -0.1) is 0 Å². The molecule has 0 saturated heterocycles. The summed E-state index contributed by atoms with van der Waals surface area (Å²) in [4.78, 5) is 4.16. The Bertz CT molecular complexity index is 704. The Kier molecular flexibility index (Phi) is 2.76. The van der Waals surface area contributed by atoms with Gasteiger partial charge in [-0.05, 0) is 18.2 Å². The Balaban J connectivity index is 2.12. The predicted octanol–water partition coefficient (Wildman–Crippen LogP) is 3.26. The van der Waals surface area contributed by atoms with E-state index in [0.29, 0.717) is 0 Å². The van der Waals surface area contributed by atoms with Gasteiger partial charge >= 0.3 is 0 Å². The van der Waals surface area contributed by atoms with Gasteiger partial charge in [-0.25, -0.2) is 9.37 Å². The second-order valence-electron chi connectivity index (χ2n) is 4.22. The van der Waals surface area contributed by atoms with Crippen LogP contribution in [0.25, 0.3) is 16.9 Å². The Morgan fingerprint density at radius 2 is 1.84 bits per heavy atom. The number of nitrogen functional groups attached to an aromatic ring is 1. The van der Waals surface area contributed by atoms with Crippen LogP contribution in [-0.4, -0.2) is 9.55 Å². The first kappa shape index (κ1) is 11.5. The zero-order valence-corrected chi connectivity index (χ0v) is 10.1. The van der Waals surface area contributed by atoms with E-state index in [2.05, 4.69) is 4.98 Å². The van der Waals surface area contributed by atoms with Crippen LogP contribution >= 0.6 is 0 Å². The van der Waals surface area contributed by atoms with Crippen LogP contribution in [0.4, 0.5) is 10.1 Å². The molecule has 0 saturated carbocycles. The summed E-state index contributed by atoms with van der Waals surface area (Å²) in [7, 11) is 0. The van der Waals surface area contributed by atoms with Crippen molar-refractivity contribution in [3.63, 3.8) is 0 Å². The Hall–Kier alpha value is -2.62. The van der Waals surface area contributed by atoms with Crippen molar-refractivity contribution in [1.29, 1.82) is 0 Å². The van der Waals surface area contributed by atoms with Crippen LogP contribution in [0.5, 0.6) is 0 Å². The highest BCUT2D eigenvalue weighted by Gasteiger charge is 2.08. The summed E-state index contributed by atoms with van der Waals surface area (Å²) in [6, 6.07) is 14.5. The molecule has 1 heterocycles. The fourth-order valence-electron chi connectivity index (χ4n) is 2.00. The molecule has 0 atom stereocenters. The SMILES string of the molecule is Nc1cc(-n2cncc2-c2ccccc2)ccc1F. The normalized spacial score (nSPS) is 10.6. The summed E-state index contributed by atoms with van der Waals surface area (Å²) >= 11 is 0. The number of benzene rings is 2. The van der Waals surface area contributed by atoms with E-state index in [9.17, 15) is 4.39 Å². The zero-order chi connectivity index (χ0) is 13.2. The number of anilines is 1. The van der Waals surface area contributed by atoms with Gasteiger partial charge in [0.05, 0.1) is 23.9 Å². The lowest BCUT2D eigenvalue weighted by Gasteiger charge is -2.09. The molecule has 0 bridgehead atoms. The molecule has 3 rings (SSSR count). The number of aromatic nitrogens is 2. The second-order valence-corrected chi connectivity index (χ2v) is 4.22. The Morgan fingerprint density at radius 3 is 2.58 bits per heavy atom. The minimum absolute atomic E-state index is 0.130. The minimum Gasteiger partial charge on any atom is -0.396 e. The minimum atomic E-state index is -0.412. The molecule has 3 aromatic rings. The largest absolute Gasteiger partial charge is 0.396 e. The molecule has 0 aliphatic heterocycles. The van der Waals surface area contributed by atoms with Crippen molar-refractivity contribution in [3.8, 4) is 16.9 Å². The van der Waals surface area contributed by atoms with E-state index >= 15 is 0 Å². The molecule has 94 valence electrons. The first-order chi connectivity index (χ1) is 9.25. The highest BCUT2D eigenvalue weighted by Crippen LogP contribution is 2.24. The van der Waals surface area contributed by atoms with Crippen molar-refractivity contribution in [2.24, 2.45) is 0 Å². The average Bonchev–Trinajstić information content (AvgIpc) is 2.92. The van der Waals surface area contributed by atoms with Gasteiger partial charge in [-0.1, -0.05) is 30.3 Å². The third-order valence-corrected chi connectivity index (χ3v) is 2.97. The lowest BCUT2D eigenvalue weighted by Crippen LogP contribution is -1.98. The van der Waals surface area contributed by atoms with Crippen LogP contribution in [0.2, 0.25) is 0 Å². The number of hydrogen-bond acceptors (Lipinski definition) is 2. The quantitative estimate of drug-likeness (QED) is 0.712. The van der Waals surface area contributed by atoms with Crippen molar-refractivity contribution < 1.29 is 4.39 Å². The van der Waals surface area contributed by atoms with E-state index in [-0.39, 0.29) is 5.69 Å². The first-order valence-corrected chi connectivity index (χ1v) is 5.89. The van der Waals surface area contributed by atoms with E-state index in [0.717, 1.165) is 16.9 Å². The fraction of sp³-hybridized carbons (Fsp3) is 0. The molecule has 0 spiro atoms. The number of imidazole rings is 1. The van der Waals surface area contributed by atoms with E-state index in [1.54, 1.807) is 24.7 Å². The Labute approximate surface area is 110 Å². The third-order valence-electron chi connectivity index (χ3n) is 2.97. The fourth-order valence-corrected chi connectivity index (χ4v) is 2.00. The van der Waals surface area contributed by atoms with Crippen molar-refractivity contribution in [1.82, 2.24) is 9.55 Å². The monoisotopic (exact) mass is 253 g/mol. The molecular weight excluding hydrogens is 241 g/mol. The molecule has 3 nitrogen and oxygen atoms in total. The average molecular weight is 253 g/mol. The van der Waals surface area contributed by atoms with Crippen LogP contribution in [0.3, 0.4) is 0 Å². The summed E-state index contributed by atoms with van der Waals surface area (Å²) in [5, 5.41) is 0. The van der Waals surface area contributed by atoms with Gasteiger partial charge in [-0.2, -0.15) is 0 Å². The summed E-state index contributed by atoms with van der Waals surface area (Å²) in [6.45, 7) is 0. The number of halogens is 1. The van der Waals surface area contributed by atoms with Gasteiger partial charge in [0.25, 0.3) is 0 Å². The third kappa shape index (κ3) is 2.08. The molecular formula is C15H12FN3. The molecule has 1 aromatic heterocycles. The molecule has 2 N–H and O–H groups in total. The number of hydrogen-bond donors (Lipinski definition) is 1. The molecule has 0 aliphatic rings. The Morgan fingerprint density at radius 1 is 1.05 bits per heavy atom. The second kappa shape index (κ2) is 4.57. The molecule has 0 aliphatic carbocycles. The first-order valence-electron chi connectivity index (χ1n) is 5.89. The highest BCUT2D eigenvalue weighted by molar-refractivity contribution is 5.62. The van der Waals surface area contributed by atoms with Crippen molar-refractivity contribution in [2.45, 2.75) is 0 Å². The molecule has 4 heteroatoms. The number of nitrogens with two attached hydrogens (primary N) is 1. The molecule has 0 radical (unpaired) electrons. The van der Waals surface area contributed by atoms with Gasteiger partial charge in [0, 0.05) is 11.3 Å². The summed E-state index contributed by atoms with van der Waals surface area (Å²) in [5.74, 6) is -0.412. The van der Waals surface area contributed by atoms with E-state index in [1.807, 2.05) is 34.9 Å². The van der Waals surface area contributed by atoms with Gasteiger partial charge < -0.3 is 5.73 Å². The molecule has 0 unspecified atom stereocenters. The standard InChI is InChI=1S/C15H12FN3/c16-13-7-6-12(8-14(13)17)19-10-18-9-15(19)11-4-2-1-3-5-11/h1-10H,17H2. The van der Waals surface area contributed by atoms with E-state index < -0.39 is 5.82 Å². The van der Waals surface area contributed by atoms with Crippen molar-refractivity contribution in [2.75, 3.05) is 5.73 Å². The van der Waals surface area contributed by atoms with Gasteiger partial charge in [-0.3, -0.25) is 4.57 Å². The van der Waals surface area contributed by atoms with Crippen molar-refractivity contribution >= 4 is 5.69 Å². The summed E-state index contributed by atoms with van der Waals surface area (Å²) < 4.78 is 15.1. The summed E-state index contributed by atoms with van der Waals surface area (Å²) in [6.07, 6.45) is 3.46. The maximum Gasteiger partial charge on any atom is 0.146 e. The molecule has 0 fully saturated rings. The van der Waals surface area contributed by atoms with Crippen LogP contribution in [0.1, 0.15) is 0 Å². The smallest absolute Gasteiger partial charge is 0.146 e. The predicted molar refractivity (Wildman–Crippen MR) is 73.4 cm³/mol.